The molecule has 0 heterocycles. The van der Waals surface area contributed by atoms with Crippen LogP contribution in [-0.4, -0.2) is 41.6 Å². The van der Waals surface area contributed by atoms with Gasteiger partial charge < -0.3 is 5.11 Å². The quantitative estimate of drug-likeness (QED) is 0.576. The lowest BCUT2D eigenvalue weighted by molar-refractivity contribution is 0.0373. The fraction of sp³-hybridized carbons (Fsp3) is 0.818. The van der Waals surface area contributed by atoms with Crippen LogP contribution in [0.4, 0.5) is 0 Å². The monoisotopic (exact) mass is 217 g/mol. The Bertz CT molecular complexity index is 184. The van der Waals surface area contributed by atoms with Gasteiger partial charge in [0.05, 0.1) is 6.10 Å². The molecule has 0 bridgehead atoms. The van der Waals surface area contributed by atoms with Crippen molar-refractivity contribution in [3.05, 3.63) is 12.2 Å². The van der Waals surface area contributed by atoms with Crippen molar-refractivity contribution < 1.29 is 5.11 Å². The van der Waals surface area contributed by atoms with E-state index in [4.69, 9.17) is 11.6 Å². The molecule has 2 nitrogen and oxygen atoms in total. The lowest BCUT2D eigenvalue weighted by atomic mass is 9.91. The SMILES string of the molecule is CN(C/C=C/CCl)C1CCCCC1O. The minimum atomic E-state index is -0.141. The average Bonchev–Trinajstić information content (AvgIpc) is 2.18. The minimum Gasteiger partial charge on any atom is -0.391 e. The molecule has 82 valence electrons. The zero-order valence-electron chi connectivity index (χ0n) is 8.82. The average molecular weight is 218 g/mol. The Kier molecular flexibility index (Phi) is 5.53. The molecule has 1 fully saturated rings. The normalized spacial score (nSPS) is 28.9. The molecule has 0 aromatic heterocycles. The van der Waals surface area contributed by atoms with E-state index in [1.54, 1.807) is 0 Å². The van der Waals surface area contributed by atoms with Crippen molar-refractivity contribution in [1.82, 2.24) is 4.90 Å². The van der Waals surface area contributed by atoms with Crippen LogP contribution < -0.4 is 0 Å². The first-order valence-corrected chi connectivity index (χ1v) is 5.88. The third-order valence-corrected chi connectivity index (χ3v) is 3.09. The second kappa shape index (κ2) is 6.44. The molecule has 2 atom stereocenters. The lowest BCUT2D eigenvalue weighted by Gasteiger charge is -2.34. The Morgan fingerprint density at radius 3 is 2.71 bits per heavy atom. The molecular weight excluding hydrogens is 198 g/mol. The summed E-state index contributed by atoms with van der Waals surface area (Å²) in [5, 5.41) is 9.80. The largest absolute Gasteiger partial charge is 0.391 e. The van der Waals surface area contributed by atoms with Gasteiger partial charge in [0.15, 0.2) is 0 Å². The molecule has 0 aromatic rings. The first-order valence-electron chi connectivity index (χ1n) is 5.35. The number of allylic oxidation sites excluding steroid dienone is 1. The van der Waals surface area contributed by atoms with Crippen molar-refractivity contribution in [3.8, 4) is 0 Å². The summed E-state index contributed by atoms with van der Waals surface area (Å²) in [7, 11) is 2.07. The maximum atomic E-state index is 9.80. The summed E-state index contributed by atoms with van der Waals surface area (Å²) in [5.41, 5.74) is 0. The van der Waals surface area contributed by atoms with Crippen molar-refractivity contribution in [2.45, 2.75) is 37.8 Å². The smallest absolute Gasteiger partial charge is 0.0695 e. The van der Waals surface area contributed by atoms with Crippen LogP contribution >= 0.6 is 11.6 Å². The summed E-state index contributed by atoms with van der Waals surface area (Å²) in [4.78, 5) is 2.22. The van der Waals surface area contributed by atoms with E-state index in [1.165, 1.54) is 12.8 Å². The Morgan fingerprint density at radius 2 is 2.07 bits per heavy atom. The number of likely N-dealkylation sites (N-methyl/N-ethyl adjacent to an activating group) is 1. The number of hydrogen-bond donors (Lipinski definition) is 1. The standard InChI is InChI=1S/C11H20ClNO/c1-13(9-5-4-8-12)10-6-2-3-7-11(10)14/h4-5,10-11,14H,2-3,6-9H2,1H3/b5-4+. The predicted molar refractivity (Wildman–Crippen MR) is 60.8 cm³/mol. The zero-order valence-corrected chi connectivity index (χ0v) is 9.58. The van der Waals surface area contributed by atoms with Crippen LogP contribution in [0.3, 0.4) is 0 Å². The molecule has 0 saturated heterocycles. The summed E-state index contributed by atoms with van der Waals surface area (Å²) in [6.07, 6.45) is 8.36. The van der Waals surface area contributed by atoms with E-state index in [1.807, 2.05) is 6.08 Å². The highest BCUT2D eigenvalue weighted by Gasteiger charge is 2.25. The van der Waals surface area contributed by atoms with E-state index in [0.717, 1.165) is 19.4 Å². The topological polar surface area (TPSA) is 23.5 Å². The Balaban J connectivity index is 2.34. The Hall–Kier alpha value is -0.0500. The Morgan fingerprint density at radius 1 is 1.36 bits per heavy atom. The van der Waals surface area contributed by atoms with Gasteiger partial charge in [-0.3, -0.25) is 4.90 Å². The van der Waals surface area contributed by atoms with Gasteiger partial charge in [0.2, 0.25) is 0 Å². The molecule has 1 rings (SSSR count). The molecule has 1 saturated carbocycles. The number of aliphatic hydroxyl groups is 1. The first kappa shape index (κ1) is 12.0. The number of rotatable bonds is 4. The Labute approximate surface area is 91.6 Å². The molecule has 1 aliphatic carbocycles. The van der Waals surface area contributed by atoms with E-state index in [-0.39, 0.29) is 6.10 Å². The molecule has 0 amide bonds. The number of halogens is 1. The van der Waals surface area contributed by atoms with Gasteiger partial charge in [0, 0.05) is 18.5 Å². The second-order valence-corrected chi connectivity index (χ2v) is 4.29. The third kappa shape index (κ3) is 3.60. The summed E-state index contributed by atoms with van der Waals surface area (Å²) >= 11 is 5.54. The van der Waals surface area contributed by atoms with E-state index in [2.05, 4.69) is 18.0 Å². The molecule has 1 aliphatic rings. The minimum absolute atomic E-state index is 0.141. The molecule has 2 unspecified atom stereocenters. The maximum Gasteiger partial charge on any atom is 0.0695 e. The summed E-state index contributed by atoms with van der Waals surface area (Å²) in [6.45, 7) is 0.883. The van der Waals surface area contributed by atoms with Gasteiger partial charge in [-0.25, -0.2) is 0 Å². The molecule has 0 aromatic carbocycles. The van der Waals surface area contributed by atoms with Crippen LogP contribution in [0.2, 0.25) is 0 Å². The summed E-state index contributed by atoms with van der Waals surface area (Å²) < 4.78 is 0. The van der Waals surface area contributed by atoms with Gasteiger partial charge in [-0.05, 0) is 19.9 Å². The zero-order chi connectivity index (χ0) is 10.4. The van der Waals surface area contributed by atoms with Gasteiger partial charge in [-0.1, -0.05) is 25.0 Å². The van der Waals surface area contributed by atoms with Crippen LogP contribution in [-0.2, 0) is 0 Å². The fourth-order valence-corrected chi connectivity index (χ4v) is 2.17. The number of alkyl halides is 1. The van der Waals surface area contributed by atoms with Crippen molar-refractivity contribution in [3.63, 3.8) is 0 Å². The van der Waals surface area contributed by atoms with Crippen LogP contribution in [0, 0.1) is 0 Å². The summed E-state index contributed by atoms with van der Waals surface area (Å²) in [6, 6.07) is 0.337. The highest BCUT2D eigenvalue weighted by molar-refractivity contribution is 6.18. The van der Waals surface area contributed by atoms with Crippen molar-refractivity contribution in [1.29, 1.82) is 0 Å². The van der Waals surface area contributed by atoms with Crippen LogP contribution in [0.25, 0.3) is 0 Å². The van der Waals surface area contributed by atoms with E-state index in [0.29, 0.717) is 11.9 Å². The number of hydrogen-bond acceptors (Lipinski definition) is 2. The van der Waals surface area contributed by atoms with Crippen LogP contribution in [0.15, 0.2) is 12.2 Å². The van der Waals surface area contributed by atoms with Crippen molar-refractivity contribution >= 4 is 11.6 Å². The highest BCUT2D eigenvalue weighted by Crippen LogP contribution is 2.22. The van der Waals surface area contributed by atoms with Gasteiger partial charge in [0.25, 0.3) is 0 Å². The fourth-order valence-electron chi connectivity index (χ4n) is 2.05. The highest BCUT2D eigenvalue weighted by atomic mass is 35.5. The van der Waals surface area contributed by atoms with Crippen molar-refractivity contribution in [2.75, 3.05) is 19.5 Å². The molecule has 0 radical (unpaired) electrons. The lowest BCUT2D eigenvalue weighted by Crippen LogP contribution is -2.43. The van der Waals surface area contributed by atoms with Gasteiger partial charge in [0.1, 0.15) is 0 Å². The van der Waals surface area contributed by atoms with Crippen LogP contribution in [0.1, 0.15) is 25.7 Å². The van der Waals surface area contributed by atoms with E-state index in [9.17, 15) is 5.11 Å². The molecular formula is C11H20ClNO. The molecule has 3 heteroatoms. The second-order valence-electron chi connectivity index (χ2n) is 3.98. The first-order chi connectivity index (χ1) is 6.75. The molecule has 0 aliphatic heterocycles. The van der Waals surface area contributed by atoms with E-state index < -0.39 is 0 Å². The number of aliphatic hydroxyl groups excluding tert-OH is 1. The summed E-state index contributed by atoms with van der Waals surface area (Å²) in [5.74, 6) is 0.570. The third-order valence-electron chi connectivity index (χ3n) is 2.91. The van der Waals surface area contributed by atoms with Crippen molar-refractivity contribution in [2.24, 2.45) is 0 Å². The molecule has 0 spiro atoms. The molecule has 1 N–H and O–H groups in total. The van der Waals surface area contributed by atoms with Gasteiger partial charge in [-0.15, -0.1) is 11.6 Å². The maximum absolute atomic E-state index is 9.80. The number of nitrogens with zero attached hydrogens (tertiary/aromatic N) is 1. The van der Waals surface area contributed by atoms with E-state index >= 15 is 0 Å². The predicted octanol–water partition coefficient (Wildman–Crippen LogP) is 2.02. The van der Waals surface area contributed by atoms with Gasteiger partial charge >= 0.3 is 0 Å². The van der Waals surface area contributed by atoms with Gasteiger partial charge in [-0.2, -0.15) is 0 Å². The molecule has 14 heavy (non-hydrogen) atoms. The van der Waals surface area contributed by atoms with Crippen LogP contribution in [0.5, 0.6) is 0 Å².